The molecule has 0 heterocycles. The van der Waals surface area contributed by atoms with E-state index in [4.69, 9.17) is 9.47 Å². The molecule has 0 aliphatic heterocycles. The molecule has 0 saturated heterocycles. The summed E-state index contributed by atoms with van der Waals surface area (Å²) >= 11 is 0. The smallest absolute Gasteiger partial charge is 0.269 e. The first-order valence-electron chi connectivity index (χ1n) is 11.0. The zero-order chi connectivity index (χ0) is 23.5. The van der Waals surface area contributed by atoms with Crippen LogP contribution in [-0.4, -0.2) is 24.4 Å². The molecular formula is C26H29N3O4. The lowest BCUT2D eigenvalue weighted by Crippen LogP contribution is -2.06. The third-order valence-corrected chi connectivity index (χ3v) is 5.27. The highest BCUT2D eigenvalue weighted by Gasteiger charge is 2.05. The molecule has 172 valence electrons. The van der Waals surface area contributed by atoms with Crippen LogP contribution < -0.4 is 14.9 Å². The van der Waals surface area contributed by atoms with Gasteiger partial charge < -0.3 is 9.47 Å². The zero-order valence-corrected chi connectivity index (χ0v) is 18.9. The lowest BCUT2D eigenvalue weighted by Gasteiger charge is -2.12. The molecule has 3 aromatic carbocycles. The molecule has 0 bridgehead atoms. The topological polar surface area (TPSA) is 86.0 Å². The second-order valence-electron chi connectivity index (χ2n) is 7.64. The zero-order valence-electron chi connectivity index (χ0n) is 18.9. The number of nitrogens with zero attached hydrogens (tertiary/aromatic N) is 2. The molecule has 0 amide bonds. The molecule has 33 heavy (non-hydrogen) atoms. The van der Waals surface area contributed by atoms with E-state index in [0.29, 0.717) is 24.8 Å². The molecule has 0 aromatic heterocycles. The van der Waals surface area contributed by atoms with E-state index in [0.717, 1.165) is 29.9 Å². The Morgan fingerprint density at radius 2 is 1.70 bits per heavy atom. The Hall–Kier alpha value is -3.87. The lowest BCUT2D eigenvalue weighted by molar-refractivity contribution is -0.384. The Bertz CT molecular complexity index is 1050. The van der Waals surface area contributed by atoms with Crippen molar-refractivity contribution in [3.8, 4) is 11.5 Å². The van der Waals surface area contributed by atoms with E-state index < -0.39 is 4.92 Å². The molecule has 1 unspecified atom stereocenters. The van der Waals surface area contributed by atoms with Crippen LogP contribution in [0.25, 0.3) is 0 Å². The van der Waals surface area contributed by atoms with Crippen LogP contribution in [0.4, 0.5) is 11.4 Å². The largest absolute Gasteiger partial charge is 0.493 e. The minimum Gasteiger partial charge on any atom is -0.493 e. The number of ether oxygens (including phenoxy) is 2. The van der Waals surface area contributed by atoms with Crippen molar-refractivity contribution in [3.05, 3.63) is 94.0 Å². The van der Waals surface area contributed by atoms with Gasteiger partial charge in [0.1, 0.15) is 11.5 Å². The summed E-state index contributed by atoms with van der Waals surface area (Å²) in [5.74, 6) is 2.15. The first-order chi connectivity index (χ1) is 16.1. The van der Waals surface area contributed by atoms with E-state index in [9.17, 15) is 10.1 Å². The van der Waals surface area contributed by atoms with Gasteiger partial charge in [-0.1, -0.05) is 38.1 Å². The molecule has 0 radical (unpaired) electrons. The highest BCUT2D eigenvalue weighted by atomic mass is 16.6. The van der Waals surface area contributed by atoms with Gasteiger partial charge in [0.25, 0.3) is 5.69 Å². The van der Waals surface area contributed by atoms with Crippen LogP contribution in [0.3, 0.4) is 0 Å². The summed E-state index contributed by atoms with van der Waals surface area (Å²) in [5.41, 5.74) is 5.72. The van der Waals surface area contributed by atoms with Gasteiger partial charge in [-0.05, 0) is 54.3 Å². The maximum atomic E-state index is 10.7. The SMILES string of the molecule is CCC(C)c1ccc(OCCCOc2ccccc2C=NNc2ccc([N+](=O)[O-])cc2)cc1. The van der Waals surface area contributed by atoms with Crippen molar-refractivity contribution in [1.82, 2.24) is 0 Å². The normalized spacial score (nSPS) is 11.8. The predicted molar refractivity (Wildman–Crippen MR) is 132 cm³/mol. The summed E-state index contributed by atoms with van der Waals surface area (Å²) in [6, 6.07) is 22.0. The van der Waals surface area contributed by atoms with Crippen LogP contribution in [0, 0.1) is 10.1 Å². The quantitative estimate of drug-likeness (QED) is 0.150. The lowest BCUT2D eigenvalue weighted by atomic mass is 9.99. The minimum absolute atomic E-state index is 0.0374. The molecule has 1 atom stereocenters. The molecule has 3 rings (SSSR count). The molecule has 7 heteroatoms. The Morgan fingerprint density at radius 1 is 1.00 bits per heavy atom. The number of benzene rings is 3. The van der Waals surface area contributed by atoms with Crippen molar-refractivity contribution < 1.29 is 14.4 Å². The highest BCUT2D eigenvalue weighted by Crippen LogP contribution is 2.22. The van der Waals surface area contributed by atoms with Gasteiger partial charge in [0.05, 0.1) is 30.0 Å². The number of hydrogen-bond donors (Lipinski definition) is 1. The standard InChI is InChI=1S/C26H29N3O4/c1-3-20(2)21-9-15-25(16-10-21)32-17-6-18-33-26-8-5-4-7-22(26)19-27-28-23-11-13-24(14-12-23)29(30)31/h4-5,7-16,19-20,28H,3,6,17-18H2,1-2H3. The van der Waals surface area contributed by atoms with E-state index >= 15 is 0 Å². The molecule has 0 saturated carbocycles. The maximum absolute atomic E-state index is 10.7. The summed E-state index contributed by atoms with van der Waals surface area (Å²) in [5, 5.41) is 14.9. The number of nitro benzene ring substituents is 1. The number of para-hydroxylation sites is 1. The van der Waals surface area contributed by atoms with Crippen LogP contribution in [0.5, 0.6) is 11.5 Å². The van der Waals surface area contributed by atoms with Crippen LogP contribution in [0.1, 0.15) is 43.7 Å². The molecule has 0 spiro atoms. The maximum Gasteiger partial charge on any atom is 0.269 e. The molecule has 3 aromatic rings. The van der Waals surface area contributed by atoms with Gasteiger partial charge in [-0.15, -0.1) is 0 Å². The van der Waals surface area contributed by atoms with Gasteiger partial charge in [0.2, 0.25) is 0 Å². The van der Waals surface area contributed by atoms with Crippen LogP contribution in [0.15, 0.2) is 77.9 Å². The average molecular weight is 448 g/mol. The van der Waals surface area contributed by atoms with Gasteiger partial charge in [-0.2, -0.15) is 5.10 Å². The van der Waals surface area contributed by atoms with E-state index in [2.05, 4.69) is 36.5 Å². The molecule has 1 N–H and O–H groups in total. The second-order valence-corrected chi connectivity index (χ2v) is 7.64. The third kappa shape index (κ3) is 7.35. The van der Waals surface area contributed by atoms with E-state index in [1.165, 1.54) is 17.7 Å². The van der Waals surface area contributed by atoms with Gasteiger partial charge in [0, 0.05) is 24.1 Å². The molecule has 0 aliphatic rings. The first kappa shape index (κ1) is 23.8. The highest BCUT2D eigenvalue weighted by molar-refractivity contribution is 5.84. The molecule has 7 nitrogen and oxygen atoms in total. The van der Waals surface area contributed by atoms with Crippen molar-refractivity contribution >= 4 is 17.6 Å². The number of anilines is 1. The molecule has 0 aliphatic carbocycles. The Balaban J connectivity index is 1.44. The summed E-state index contributed by atoms with van der Waals surface area (Å²) in [6.07, 6.45) is 3.53. The molecular weight excluding hydrogens is 418 g/mol. The van der Waals surface area contributed by atoms with Gasteiger partial charge in [-0.25, -0.2) is 0 Å². The van der Waals surface area contributed by atoms with Crippen molar-refractivity contribution in [3.63, 3.8) is 0 Å². The van der Waals surface area contributed by atoms with Crippen LogP contribution >= 0.6 is 0 Å². The number of nitro groups is 1. The average Bonchev–Trinajstić information content (AvgIpc) is 2.85. The van der Waals surface area contributed by atoms with Gasteiger partial charge in [0.15, 0.2) is 0 Å². The van der Waals surface area contributed by atoms with Crippen molar-refractivity contribution in [2.24, 2.45) is 5.10 Å². The van der Waals surface area contributed by atoms with Crippen molar-refractivity contribution in [2.75, 3.05) is 18.6 Å². The summed E-state index contributed by atoms with van der Waals surface area (Å²) in [7, 11) is 0. The number of hydrazone groups is 1. The second kappa shape index (κ2) is 12.2. The van der Waals surface area contributed by atoms with Crippen molar-refractivity contribution in [1.29, 1.82) is 0 Å². The summed E-state index contributed by atoms with van der Waals surface area (Å²) < 4.78 is 11.7. The fraction of sp³-hybridized carbons (Fsp3) is 0.269. The van der Waals surface area contributed by atoms with E-state index in [1.54, 1.807) is 18.3 Å². The van der Waals surface area contributed by atoms with E-state index in [1.807, 2.05) is 36.4 Å². The monoisotopic (exact) mass is 447 g/mol. The van der Waals surface area contributed by atoms with Crippen LogP contribution in [0.2, 0.25) is 0 Å². The van der Waals surface area contributed by atoms with Crippen LogP contribution in [-0.2, 0) is 0 Å². The first-order valence-corrected chi connectivity index (χ1v) is 11.0. The fourth-order valence-corrected chi connectivity index (χ4v) is 3.11. The Labute approximate surface area is 194 Å². The van der Waals surface area contributed by atoms with Gasteiger partial charge in [-0.3, -0.25) is 15.5 Å². The van der Waals surface area contributed by atoms with E-state index in [-0.39, 0.29) is 5.69 Å². The molecule has 0 fully saturated rings. The summed E-state index contributed by atoms with van der Waals surface area (Å²) in [4.78, 5) is 10.3. The van der Waals surface area contributed by atoms with Gasteiger partial charge >= 0.3 is 0 Å². The number of nitrogens with one attached hydrogen (secondary N) is 1. The fourth-order valence-electron chi connectivity index (χ4n) is 3.11. The Kier molecular flexibility index (Phi) is 8.82. The van der Waals surface area contributed by atoms with Crippen molar-refractivity contribution in [2.45, 2.75) is 32.6 Å². The number of non-ortho nitro benzene ring substituents is 1. The minimum atomic E-state index is -0.435. The number of hydrogen-bond acceptors (Lipinski definition) is 6. The Morgan fingerprint density at radius 3 is 2.39 bits per heavy atom. The predicted octanol–water partition coefficient (Wildman–Crippen LogP) is 6.40. The number of rotatable bonds is 12. The third-order valence-electron chi connectivity index (χ3n) is 5.27. The summed E-state index contributed by atoms with van der Waals surface area (Å²) in [6.45, 7) is 5.50.